The van der Waals surface area contributed by atoms with Gasteiger partial charge in [0.05, 0.1) is 11.1 Å². The van der Waals surface area contributed by atoms with Crippen LogP contribution in [0.5, 0.6) is 0 Å². The van der Waals surface area contributed by atoms with Crippen molar-refractivity contribution in [2.75, 3.05) is 5.73 Å². The second-order valence-corrected chi connectivity index (χ2v) is 2.79. The molecule has 0 amide bonds. The summed E-state index contributed by atoms with van der Waals surface area (Å²) >= 11 is 0. The molecule has 0 bridgehead atoms. The Kier molecular flexibility index (Phi) is 1.30. The third-order valence-electron chi connectivity index (χ3n) is 1.78. The minimum atomic E-state index is 0.429. The quantitative estimate of drug-likeness (QED) is 0.637. The molecule has 4 heteroatoms. The van der Waals surface area contributed by atoms with E-state index in [1.807, 2.05) is 19.9 Å². The Morgan fingerprint density at radius 3 is 2.92 bits per heavy atom. The van der Waals surface area contributed by atoms with Crippen molar-refractivity contribution >= 4 is 16.8 Å². The van der Waals surface area contributed by atoms with Crippen molar-refractivity contribution in [3.8, 4) is 0 Å². The summed E-state index contributed by atoms with van der Waals surface area (Å²) in [5, 5.41) is 4.51. The van der Waals surface area contributed by atoms with E-state index in [-0.39, 0.29) is 0 Å². The maximum atomic E-state index is 5.58. The molecule has 62 valence electrons. The summed E-state index contributed by atoms with van der Waals surface area (Å²) in [6, 6.07) is 1.87. The molecule has 0 saturated carbocycles. The zero-order valence-electron chi connectivity index (χ0n) is 6.96. The maximum Gasteiger partial charge on any atom is 0.190 e. The van der Waals surface area contributed by atoms with Gasteiger partial charge in [-0.25, -0.2) is 0 Å². The van der Waals surface area contributed by atoms with Crippen LogP contribution < -0.4 is 5.73 Å². The van der Waals surface area contributed by atoms with Crippen molar-refractivity contribution in [2.45, 2.75) is 13.8 Å². The fraction of sp³-hybridized carbons (Fsp3) is 0.250. The first-order valence-corrected chi connectivity index (χ1v) is 3.67. The van der Waals surface area contributed by atoms with Crippen molar-refractivity contribution in [1.29, 1.82) is 0 Å². The summed E-state index contributed by atoms with van der Waals surface area (Å²) in [5.41, 5.74) is 8.01. The smallest absolute Gasteiger partial charge is 0.190 e. The normalized spacial score (nSPS) is 10.8. The van der Waals surface area contributed by atoms with Crippen molar-refractivity contribution in [1.82, 2.24) is 10.1 Å². The summed E-state index contributed by atoms with van der Waals surface area (Å²) in [6.07, 6.45) is 0. The highest BCUT2D eigenvalue weighted by Crippen LogP contribution is 2.22. The van der Waals surface area contributed by atoms with Gasteiger partial charge in [0.15, 0.2) is 11.4 Å². The first-order valence-electron chi connectivity index (χ1n) is 3.67. The van der Waals surface area contributed by atoms with E-state index < -0.39 is 0 Å². The van der Waals surface area contributed by atoms with Gasteiger partial charge in [-0.15, -0.1) is 0 Å². The number of aromatic nitrogens is 2. The number of nitrogens with two attached hydrogens (primary N) is 1. The highest BCUT2D eigenvalue weighted by molar-refractivity contribution is 5.88. The second-order valence-electron chi connectivity index (χ2n) is 2.79. The molecule has 0 radical (unpaired) electrons. The molecule has 0 spiro atoms. The van der Waals surface area contributed by atoms with E-state index in [9.17, 15) is 0 Å². The van der Waals surface area contributed by atoms with E-state index in [0.29, 0.717) is 11.4 Å². The van der Waals surface area contributed by atoms with Gasteiger partial charge in [0.1, 0.15) is 0 Å². The van der Waals surface area contributed by atoms with Crippen molar-refractivity contribution in [2.24, 2.45) is 0 Å². The number of hydrogen-bond acceptors (Lipinski definition) is 4. The summed E-state index contributed by atoms with van der Waals surface area (Å²) in [4.78, 5) is 4.23. The zero-order valence-corrected chi connectivity index (χ0v) is 6.96. The first-order chi connectivity index (χ1) is 5.68. The molecule has 2 aromatic heterocycles. The van der Waals surface area contributed by atoms with Gasteiger partial charge in [-0.1, -0.05) is 5.16 Å². The molecular weight excluding hydrogens is 154 g/mol. The van der Waals surface area contributed by atoms with E-state index in [1.54, 1.807) is 0 Å². The number of anilines is 1. The number of aryl methyl sites for hydroxylation is 2. The lowest BCUT2D eigenvalue weighted by atomic mass is 10.2. The maximum absolute atomic E-state index is 5.58. The van der Waals surface area contributed by atoms with E-state index >= 15 is 0 Å². The average molecular weight is 163 g/mol. The topological polar surface area (TPSA) is 64.9 Å². The molecule has 2 heterocycles. The van der Waals surface area contributed by atoms with Gasteiger partial charge in [0, 0.05) is 5.69 Å². The van der Waals surface area contributed by atoms with Crippen molar-refractivity contribution in [3.63, 3.8) is 0 Å². The Balaban J connectivity index is 2.92. The van der Waals surface area contributed by atoms with Crippen LogP contribution in [0.1, 0.15) is 11.4 Å². The predicted molar refractivity (Wildman–Crippen MR) is 45.7 cm³/mol. The van der Waals surface area contributed by atoms with Gasteiger partial charge < -0.3 is 10.3 Å². The largest absolute Gasteiger partial charge is 0.380 e. The van der Waals surface area contributed by atoms with Crippen LogP contribution in [0.25, 0.3) is 11.0 Å². The number of hydrogen-bond donors (Lipinski definition) is 1. The molecule has 0 aliphatic carbocycles. The number of fused-ring (bicyclic) bond motifs is 1. The molecule has 0 atom stereocenters. The Morgan fingerprint density at radius 1 is 1.42 bits per heavy atom. The highest BCUT2D eigenvalue weighted by atomic mass is 16.5. The molecule has 0 fully saturated rings. The van der Waals surface area contributed by atoms with Gasteiger partial charge in [-0.05, 0) is 19.9 Å². The lowest BCUT2D eigenvalue weighted by Crippen LogP contribution is -1.88. The SMILES string of the molecule is Cc1cc2c(N)noc2c(C)n1. The Hall–Kier alpha value is -1.58. The van der Waals surface area contributed by atoms with E-state index in [0.717, 1.165) is 16.8 Å². The Morgan fingerprint density at radius 2 is 2.17 bits per heavy atom. The van der Waals surface area contributed by atoms with Crippen LogP contribution >= 0.6 is 0 Å². The van der Waals surface area contributed by atoms with Crippen molar-refractivity contribution < 1.29 is 4.52 Å². The van der Waals surface area contributed by atoms with Gasteiger partial charge in [-0.2, -0.15) is 0 Å². The number of nitrogen functional groups attached to an aromatic ring is 1. The second kappa shape index (κ2) is 2.20. The Bertz CT molecular complexity index is 433. The summed E-state index contributed by atoms with van der Waals surface area (Å²) in [7, 11) is 0. The number of pyridine rings is 1. The van der Waals surface area contributed by atoms with E-state index in [2.05, 4.69) is 10.1 Å². The third kappa shape index (κ3) is 0.845. The van der Waals surface area contributed by atoms with Gasteiger partial charge in [0.25, 0.3) is 0 Å². The zero-order chi connectivity index (χ0) is 8.72. The van der Waals surface area contributed by atoms with Crippen LogP contribution in [-0.4, -0.2) is 10.1 Å². The highest BCUT2D eigenvalue weighted by Gasteiger charge is 2.08. The van der Waals surface area contributed by atoms with Gasteiger partial charge >= 0.3 is 0 Å². The van der Waals surface area contributed by atoms with Crippen LogP contribution in [0.4, 0.5) is 5.82 Å². The molecule has 2 N–H and O–H groups in total. The van der Waals surface area contributed by atoms with E-state index in [1.165, 1.54) is 0 Å². The molecule has 4 nitrogen and oxygen atoms in total. The fourth-order valence-corrected chi connectivity index (χ4v) is 1.27. The molecule has 0 unspecified atom stereocenters. The lowest BCUT2D eigenvalue weighted by Gasteiger charge is -1.94. The van der Waals surface area contributed by atoms with Crippen LogP contribution in [-0.2, 0) is 0 Å². The number of nitrogens with zero attached hydrogens (tertiary/aromatic N) is 2. The van der Waals surface area contributed by atoms with E-state index in [4.69, 9.17) is 10.3 Å². The monoisotopic (exact) mass is 163 g/mol. The molecule has 0 aromatic carbocycles. The molecule has 0 aliphatic rings. The third-order valence-corrected chi connectivity index (χ3v) is 1.78. The molecule has 0 saturated heterocycles. The lowest BCUT2D eigenvalue weighted by molar-refractivity contribution is 0.458. The van der Waals surface area contributed by atoms with Gasteiger partial charge in [-0.3, -0.25) is 4.98 Å². The summed E-state index contributed by atoms with van der Waals surface area (Å²) < 4.78 is 5.00. The Labute approximate surface area is 69.4 Å². The minimum Gasteiger partial charge on any atom is -0.380 e. The molecule has 2 rings (SSSR count). The van der Waals surface area contributed by atoms with Gasteiger partial charge in [0.2, 0.25) is 0 Å². The van der Waals surface area contributed by atoms with Crippen LogP contribution in [0.3, 0.4) is 0 Å². The summed E-state index contributed by atoms with van der Waals surface area (Å²) in [5.74, 6) is 0.429. The summed E-state index contributed by atoms with van der Waals surface area (Å²) in [6.45, 7) is 3.79. The number of rotatable bonds is 0. The van der Waals surface area contributed by atoms with Crippen LogP contribution in [0.2, 0.25) is 0 Å². The minimum absolute atomic E-state index is 0.429. The average Bonchev–Trinajstić information content (AvgIpc) is 2.33. The fourth-order valence-electron chi connectivity index (χ4n) is 1.27. The molecule has 0 aliphatic heterocycles. The standard InChI is InChI=1S/C8H9N3O/c1-4-3-6-7(5(2)10-4)12-11-8(6)9/h3H,1-2H3,(H2,9,11). The van der Waals surface area contributed by atoms with Crippen LogP contribution in [0.15, 0.2) is 10.6 Å². The van der Waals surface area contributed by atoms with Crippen LogP contribution in [0, 0.1) is 13.8 Å². The predicted octanol–water partition coefficient (Wildman–Crippen LogP) is 1.42. The molecule has 12 heavy (non-hydrogen) atoms. The van der Waals surface area contributed by atoms with Crippen molar-refractivity contribution in [3.05, 3.63) is 17.5 Å². The first kappa shape index (κ1) is 7.09. The molecule has 2 aromatic rings. The molecular formula is C8H9N3O.